The number of anilines is 1. The smallest absolute Gasteiger partial charge is 0.263 e. The Hall–Kier alpha value is -2.65. The fourth-order valence-corrected chi connectivity index (χ4v) is 1.72. The van der Waals surface area contributed by atoms with Crippen LogP contribution in [0.4, 0.5) is 10.3 Å². The van der Waals surface area contributed by atoms with Gasteiger partial charge >= 0.3 is 0 Å². The molecule has 1 aromatic carbocycles. The maximum atomic E-state index is 12.9. The highest BCUT2D eigenvalue weighted by atomic mass is 35.5. The van der Waals surface area contributed by atoms with Crippen molar-refractivity contribution in [2.75, 3.05) is 11.3 Å². The molecule has 23 heavy (non-hydrogen) atoms. The Labute approximate surface area is 142 Å². The van der Waals surface area contributed by atoms with Gasteiger partial charge in [0.1, 0.15) is 12.1 Å². The summed E-state index contributed by atoms with van der Waals surface area (Å²) in [5.41, 5.74) is 4.92. The van der Waals surface area contributed by atoms with Crippen molar-refractivity contribution in [3.63, 3.8) is 0 Å². The second kappa shape index (κ2) is 8.11. The van der Waals surface area contributed by atoms with Crippen LogP contribution in [-0.2, 0) is 0 Å². The minimum atomic E-state index is -0.294. The molecular weight excluding hydrogens is 346 g/mol. The number of halogens is 3. The third-order valence-corrected chi connectivity index (χ3v) is 2.74. The average molecular weight is 359 g/mol. The number of aromatic amines is 1. The molecule has 122 valence electrons. The Morgan fingerprint density at radius 1 is 1.26 bits per heavy atom. The van der Waals surface area contributed by atoms with Crippen molar-refractivity contribution in [2.24, 2.45) is 5.10 Å². The summed E-state index contributed by atoms with van der Waals surface area (Å²) >= 11 is 0. The Morgan fingerprint density at radius 3 is 2.65 bits per heavy atom. The number of nitrogen functional groups attached to an aromatic ring is 1. The summed E-state index contributed by atoms with van der Waals surface area (Å²) in [6.07, 6.45) is 4.51. The van der Waals surface area contributed by atoms with E-state index in [9.17, 15) is 4.39 Å². The molecule has 8 nitrogen and oxygen atoms in total. The van der Waals surface area contributed by atoms with Crippen molar-refractivity contribution < 1.29 is 4.39 Å². The first kappa shape index (κ1) is 18.4. The summed E-state index contributed by atoms with van der Waals surface area (Å²) in [4.78, 5) is 0. The van der Waals surface area contributed by atoms with Crippen molar-refractivity contribution in [3.8, 4) is 11.3 Å². The van der Waals surface area contributed by atoms with Crippen LogP contribution < -0.4 is 11.3 Å². The molecule has 2 aromatic heterocycles. The average Bonchev–Trinajstić information content (AvgIpc) is 3.10. The molecule has 2 heterocycles. The number of benzene rings is 1. The molecule has 0 unspecified atom stereocenters. The topological polar surface area (TPSA) is 110 Å². The maximum Gasteiger partial charge on any atom is 0.263 e. The molecule has 0 atom stereocenters. The van der Waals surface area contributed by atoms with Crippen LogP contribution >= 0.6 is 24.8 Å². The van der Waals surface area contributed by atoms with Crippen LogP contribution in [0.15, 0.2) is 41.9 Å². The first-order valence-corrected chi connectivity index (χ1v) is 5.97. The predicted molar refractivity (Wildman–Crippen MR) is 89.9 cm³/mol. The number of H-pyrrole nitrogens is 1. The quantitative estimate of drug-likeness (QED) is 0.374. The standard InChI is InChI=1S/C12H11FN8.2ClH/c13-10-3-1-8(2-4-10)11-9(5-15-18-11)6-16-19-12-20-17-7-21(12)14;;/h1-7H,14H2,(H,15,18)(H,19,20);2*1H/b16-6+;;. The zero-order valence-electron chi connectivity index (χ0n) is 11.5. The summed E-state index contributed by atoms with van der Waals surface area (Å²) in [6.45, 7) is 0. The SMILES string of the molecule is Cl.Cl.Nn1cnnc1N/N=C/c1cn[nH]c1-c1ccc(F)cc1. The molecule has 0 saturated carbocycles. The summed E-state index contributed by atoms with van der Waals surface area (Å²) in [5, 5.41) is 18.1. The zero-order chi connectivity index (χ0) is 14.7. The fourth-order valence-electron chi connectivity index (χ4n) is 1.72. The highest BCUT2D eigenvalue weighted by Crippen LogP contribution is 2.20. The van der Waals surface area contributed by atoms with Crippen LogP contribution in [-0.4, -0.2) is 31.3 Å². The molecule has 4 N–H and O–H groups in total. The van der Waals surface area contributed by atoms with Crippen LogP contribution in [0.5, 0.6) is 0 Å². The van der Waals surface area contributed by atoms with E-state index in [0.717, 1.165) is 16.8 Å². The van der Waals surface area contributed by atoms with Gasteiger partial charge in [-0.15, -0.1) is 35.0 Å². The molecule has 11 heteroatoms. The predicted octanol–water partition coefficient (Wildman–Crippen LogP) is 1.81. The summed E-state index contributed by atoms with van der Waals surface area (Å²) in [5.74, 6) is 5.55. The molecule has 0 spiro atoms. The van der Waals surface area contributed by atoms with Crippen LogP contribution in [0, 0.1) is 5.82 Å². The van der Waals surface area contributed by atoms with E-state index in [2.05, 4.69) is 30.9 Å². The van der Waals surface area contributed by atoms with Gasteiger partial charge in [0.2, 0.25) is 0 Å². The second-order valence-corrected chi connectivity index (χ2v) is 4.14. The summed E-state index contributed by atoms with van der Waals surface area (Å²) in [7, 11) is 0. The molecule has 0 fully saturated rings. The molecule has 3 rings (SSSR count). The van der Waals surface area contributed by atoms with Crippen LogP contribution in [0.2, 0.25) is 0 Å². The lowest BCUT2D eigenvalue weighted by atomic mass is 10.1. The van der Waals surface area contributed by atoms with Gasteiger partial charge in [-0.3, -0.25) is 5.10 Å². The number of nitrogens with zero attached hydrogens (tertiary/aromatic N) is 5. The van der Waals surface area contributed by atoms with Gasteiger partial charge in [0.05, 0.1) is 18.1 Å². The second-order valence-electron chi connectivity index (χ2n) is 4.14. The van der Waals surface area contributed by atoms with E-state index in [1.54, 1.807) is 24.5 Å². The van der Waals surface area contributed by atoms with E-state index >= 15 is 0 Å². The van der Waals surface area contributed by atoms with Crippen molar-refractivity contribution in [1.29, 1.82) is 0 Å². The largest absolute Gasteiger partial charge is 0.335 e. The zero-order valence-corrected chi connectivity index (χ0v) is 13.2. The van der Waals surface area contributed by atoms with Crippen LogP contribution in [0.25, 0.3) is 11.3 Å². The lowest BCUT2D eigenvalue weighted by molar-refractivity contribution is 0.628. The number of aromatic nitrogens is 5. The van der Waals surface area contributed by atoms with Gasteiger partial charge in [0.15, 0.2) is 0 Å². The minimum absolute atomic E-state index is 0. The van der Waals surface area contributed by atoms with Gasteiger partial charge in [-0.25, -0.2) is 14.5 Å². The molecule has 0 bridgehead atoms. The minimum Gasteiger partial charge on any atom is -0.335 e. The number of hydrogen-bond donors (Lipinski definition) is 3. The third-order valence-electron chi connectivity index (χ3n) is 2.74. The number of hydrogen-bond acceptors (Lipinski definition) is 6. The highest BCUT2D eigenvalue weighted by molar-refractivity contribution is 5.88. The van der Waals surface area contributed by atoms with Crippen LogP contribution in [0.1, 0.15) is 5.56 Å². The first-order chi connectivity index (χ1) is 10.2. The normalized spacial score (nSPS) is 10.1. The van der Waals surface area contributed by atoms with Gasteiger partial charge in [-0.05, 0) is 24.3 Å². The molecular formula is C12H13Cl2FN8. The molecule has 3 aromatic rings. The monoisotopic (exact) mass is 358 g/mol. The van der Waals surface area contributed by atoms with Crippen molar-refractivity contribution in [3.05, 3.63) is 48.2 Å². The van der Waals surface area contributed by atoms with E-state index in [-0.39, 0.29) is 30.6 Å². The van der Waals surface area contributed by atoms with Gasteiger partial charge in [-0.1, -0.05) is 0 Å². The number of hydrazone groups is 1. The lowest BCUT2D eigenvalue weighted by Gasteiger charge is -2.00. The Bertz CT molecular complexity index is 767. The first-order valence-electron chi connectivity index (χ1n) is 5.97. The Kier molecular flexibility index (Phi) is 6.49. The number of nitrogens with two attached hydrogens (primary N) is 1. The summed E-state index contributed by atoms with van der Waals surface area (Å²) in [6, 6.07) is 6.08. The molecule has 0 radical (unpaired) electrons. The number of nitrogens with one attached hydrogen (secondary N) is 2. The molecule has 0 saturated heterocycles. The van der Waals surface area contributed by atoms with Crippen LogP contribution in [0.3, 0.4) is 0 Å². The maximum absolute atomic E-state index is 12.9. The third kappa shape index (κ3) is 4.18. The highest BCUT2D eigenvalue weighted by Gasteiger charge is 2.06. The Morgan fingerprint density at radius 2 is 2.00 bits per heavy atom. The van der Waals surface area contributed by atoms with Gasteiger partial charge in [0, 0.05) is 11.1 Å². The fraction of sp³-hybridized carbons (Fsp3) is 0. The van der Waals surface area contributed by atoms with Crippen molar-refractivity contribution in [1.82, 2.24) is 25.1 Å². The van der Waals surface area contributed by atoms with E-state index in [0.29, 0.717) is 5.95 Å². The van der Waals surface area contributed by atoms with Gasteiger partial charge in [0.25, 0.3) is 5.95 Å². The summed E-state index contributed by atoms with van der Waals surface area (Å²) < 4.78 is 14.1. The van der Waals surface area contributed by atoms with E-state index in [1.807, 2.05) is 0 Å². The molecule has 0 amide bonds. The van der Waals surface area contributed by atoms with Gasteiger partial charge in [-0.2, -0.15) is 10.2 Å². The molecule has 0 aliphatic heterocycles. The lowest BCUT2D eigenvalue weighted by Crippen LogP contribution is -2.10. The van der Waals surface area contributed by atoms with Crippen molar-refractivity contribution in [2.45, 2.75) is 0 Å². The van der Waals surface area contributed by atoms with E-state index < -0.39 is 0 Å². The van der Waals surface area contributed by atoms with E-state index in [1.165, 1.54) is 23.1 Å². The molecule has 0 aliphatic rings. The Balaban J connectivity index is 0.00000132. The van der Waals surface area contributed by atoms with Crippen molar-refractivity contribution >= 4 is 37.0 Å². The van der Waals surface area contributed by atoms with E-state index in [4.69, 9.17) is 5.84 Å². The number of rotatable bonds is 4. The van der Waals surface area contributed by atoms with Gasteiger partial charge < -0.3 is 5.84 Å². The molecule has 0 aliphatic carbocycles.